The molecule has 1 aromatic carbocycles. The van der Waals surface area contributed by atoms with E-state index in [9.17, 15) is 9.50 Å². The average molecular weight is 264 g/mol. The largest absolute Gasteiger partial charge is 0.486 e. The molecule has 2 aliphatic rings. The van der Waals surface area contributed by atoms with Crippen LogP contribution in [-0.4, -0.2) is 10.7 Å². The molecule has 1 aromatic rings. The van der Waals surface area contributed by atoms with Crippen LogP contribution in [0.1, 0.15) is 57.1 Å². The third-order valence-corrected chi connectivity index (χ3v) is 4.82. The Balaban J connectivity index is 1.97. The Morgan fingerprint density at radius 2 is 2.26 bits per heavy atom. The lowest BCUT2D eigenvalue weighted by Gasteiger charge is -2.48. The molecule has 3 rings (SSSR count). The van der Waals surface area contributed by atoms with Gasteiger partial charge in [0.2, 0.25) is 0 Å². The van der Waals surface area contributed by atoms with E-state index in [1.807, 2.05) is 0 Å². The van der Waals surface area contributed by atoms with Gasteiger partial charge in [-0.3, -0.25) is 0 Å². The van der Waals surface area contributed by atoms with Crippen LogP contribution in [0.5, 0.6) is 5.75 Å². The van der Waals surface area contributed by atoms with Gasteiger partial charge in [-0.1, -0.05) is 13.3 Å². The van der Waals surface area contributed by atoms with Crippen LogP contribution < -0.4 is 4.74 Å². The van der Waals surface area contributed by atoms with Crippen molar-refractivity contribution in [3.05, 3.63) is 29.6 Å². The highest BCUT2D eigenvalue weighted by atomic mass is 19.1. The van der Waals surface area contributed by atoms with E-state index >= 15 is 0 Å². The Labute approximate surface area is 113 Å². The zero-order valence-electron chi connectivity index (χ0n) is 11.4. The first-order valence-corrected chi connectivity index (χ1v) is 7.31. The molecule has 3 heteroatoms. The highest BCUT2D eigenvalue weighted by Gasteiger charge is 2.46. The van der Waals surface area contributed by atoms with Gasteiger partial charge in [0.1, 0.15) is 17.2 Å². The topological polar surface area (TPSA) is 29.5 Å². The second-order valence-electron chi connectivity index (χ2n) is 5.92. The zero-order valence-corrected chi connectivity index (χ0v) is 11.4. The monoisotopic (exact) mass is 264 g/mol. The fourth-order valence-corrected chi connectivity index (χ4v) is 3.83. The van der Waals surface area contributed by atoms with Crippen molar-refractivity contribution in [3.8, 4) is 5.75 Å². The average Bonchev–Trinajstić information content (AvgIpc) is 2.40. The molecule has 1 N–H and O–H groups in total. The number of fused-ring (bicyclic) bond motifs is 1. The van der Waals surface area contributed by atoms with E-state index in [4.69, 9.17) is 4.74 Å². The number of aliphatic hydroxyl groups excluding tert-OH is 1. The van der Waals surface area contributed by atoms with Crippen LogP contribution in [0.2, 0.25) is 0 Å². The van der Waals surface area contributed by atoms with Crippen LogP contribution in [0.4, 0.5) is 4.39 Å². The summed E-state index contributed by atoms with van der Waals surface area (Å²) in [6.45, 7) is 2.19. The predicted molar refractivity (Wildman–Crippen MR) is 71.6 cm³/mol. The molecule has 1 aliphatic heterocycles. The van der Waals surface area contributed by atoms with Crippen molar-refractivity contribution in [1.29, 1.82) is 0 Å². The van der Waals surface area contributed by atoms with Crippen LogP contribution in [0, 0.1) is 11.7 Å². The van der Waals surface area contributed by atoms with Crippen molar-refractivity contribution in [3.63, 3.8) is 0 Å². The van der Waals surface area contributed by atoms with Gasteiger partial charge in [-0.15, -0.1) is 0 Å². The number of halogens is 1. The van der Waals surface area contributed by atoms with Gasteiger partial charge in [0, 0.05) is 12.0 Å². The number of aliphatic hydroxyl groups is 1. The molecule has 0 radical (unpaired) electrons. The number of benzene rings is 1. The minimum absolute atomic E-state index is 0.239. The smallest absolute Gasteiger partial charge is 0.126 e. The highest BCUT2D eigenvalue weighted by molar-refractivity contribution is 5.38. The summed E-state index contributed by atoms with van der Waals surface area (Å²) in [5, 5.41) is 10.4. The molecule has 1 heterocycles. The normalized spacial score (nSPS) is 33.8. The molecular weight excluding hydrogens is 243 g/mol. The van der Waals surface area contributed by atoms with Crippen LogP contribution in [0.15, 0.2) is 18.2 Å². The molecule has 0 amide bonds. The zero-order chi connectivity index (χ0) is 13.5. The summed E-state index contributed by atoms with van der Waals surface area (Å²) in [6, 6.07) is 4.47. The second kappa shape index (κ2) is 4.78. The maximum atomic E-state index is 13.3. The van der Waals surface area contributed by atoms with E-state index in [0.29, 0.717) is 23.7 Å². The molecule has 104 valence electrons. The predicted octanol–water partition coefficient (Wildman–Crippen LogP) is 3.98. The summed E-state index contributed by atoms with van der Waals surface area (Å²) in [7, 11) is 0. The lowest BCUT2D eigenvalue weighted by molar-refractivity contribution is -0.0783. The van der Waals surface area contributed by atoms with Gasteiger partial charge in [-0.25, -0.2) is 4.39 Å². The number of ether oxygens (including phenoxy) is 1. The summed E-state index contributed by atoms with van der Waals surface area (Å²) in [6.07, 6.45) is 5.63. The first-order valence-electron chi connectivity index (χ1n) is 7.31. The molecule has 1 fully saturated rings. The molecule has 0 aromatic heterocycles. The van der Waals surface area contributed by atoms with E-state index in [-0.39, 0.29) is 11.4 Å². The summed E-state index contributed by atoms with van der Waals surface area (Å²) in [4.78, 5) is 0. The molecule has 1 spiro atoms. The van der Waals surface area contributed by atoms with E-state index < -0.39 is 6.10 Å². The standard InChI is InChI=1S/C16H21FO2/c1-2-11-5-3-4-8-16(11)10-14(18)13-9-12(17)6-7-15(13)19-16/h6-7,9,11,14,18H,2-5,8,10H2,1H3/t11?,14-,16?/m1/s1. The highest BCUT2D eigenvalue weighted by Crippen LogP contribution is 2.49. The van der Waals surface area contributed by atoms with Crippen molar-refractivity contribution >= 4 is 0 Å². The van der Waals surface area contributed by atoms with Crippen LogP contribution in [0.3, 0.4) is 0 Å². The molecule has 0 saturated heterocycles. The van der Waals surface area contributed by atoms with E-state index in [1.54, 1.807) is 6.07 Å². The first-order chi connectivity index (χ1) is 9.14. The Morgan fingerprint density at radius 3 is 3.05 bits per heavy atom. The molecule has 19 heavy (non-hydrogen) atoms. The SMILES string of the molecule is CCC1CCCCC12C[C@@H](O)c1cc(F)ccc1O2. The molecule has 2 nitrogen and oxygen atoms in total. The number of hydrogen-bond acceptors (Lipinski definition) is 2. The maximum absolute atomic E-state index is 13.3. The second-order valence-corrected chi connectivity index (χ2v) is 5.92. The lowest BCUT2D eigenvalue weighted by Crippen LogP contribution is -2.49. The van der Waals surface area contributed by atoms with Crippen molar-refractivity contribution in [1.82, 2.24) is 0 Å². The van der Waals surface area contributed by atoms with Crippen LogP contribution >= 0.6 is 0 Å². The first kappa shape index (κ1) is 12.9. The van der Waals surface area contributed by atoms with Gasteiger partial charge < -0.3 is 9.84 Å². The number of rotatable bonds is 1. The van der Waals surface area contributed by atoms with Gasteiger partial charge in [-0.2, -0.15) is 0 Å². The molecule has 1 saturated carbocycles. The van der Waals surface area contributed by atoms with Crippen LogP contribution in [-0.2, 0) is 0 Å². The van der Waals surface area contributed by atoms with Crippen LogP contribution in [0.25, 0.3) is 0 Å². The minimum Gasteiger partial charge on any atom is -0.486 e. The fourth-order valence-electron chi connectivity index (χ4n) is 3.83. The van der Waals surface area contributed by atoms with Gasteiger partial charge in [0.25, 0.3) is 0 Å². The van der Waals surface area contributed by atoms with Gasteiger partial charge in [0.05, 0.1) is 6.10 Å². The molecular formula is C16H21FO2. The Hall–Kier alpha value is -1.09. The lowest BCUT2D eigenvalue weighted by atomic mass is 9.69. The van der Waals surface area contributed by atoms with E-state index in [0.717, 1.165) is 19.3 Å². The van der Waals surface area contributed by atoms with Crippen molar-refractivity contribution in [2.45, 2.75) is 57.2 Å². The Bertz CT molecular complexity index is 474. The van der Waals surface area contributed by atoms with Crippen molar-refractivity contribution in [2.75, 3.05) is 0 Å². The third kappa shape index (κ3) is 2.14. The number of hydrogen-bond donors (Lipinski definition) is 1. The maximum Gasteiger partial charge on any atom is 0.126 e. The summed E-state index contributed by atoms with van der Waals surface area (Å²) >= 11 is 0. The van der Waals surface area contributed by atoms with Crippen molar-refractivity contribution in [2.24, 2.45) is 5.92 Å². The Morgan fingerprint density at radius 1 is 1.42 bits per heavy atom. The summed E-state index contributed by atoms with van der Waals surface area (Å²) < 4.78 is 19.5. The third-order valence-electron chi connectivity index (χ3n) is 4.82. The van der Waals surface area contributed by atoms with Gasteiger partial charge in [0.15, 0.2) is 0 Å². The minimum atomic E-state index is -0.605. The molecule has 2 unspecified atom stereocenters. The quantitative estimate of drug-likeness (QED) is 0.831. The molecule has 3 atom stereocenters. The van der Waals surface area contributed by atoms with Gasteiger partial charge >= 0.3 is 0 Å². The fraction of sp³-hybridized carbons (Fsp3) is 0.625. The van der Waals surface area contributed by atoms with Gasteiger partial charge in [-0.05, 0) is 49.8 Å². The molecule has 1 aliphatic carbocycles. The van der Waals surface area contributed by atoms with E-state index in [1.165, 1.54) is 25.0 Å². The molecule has 0 bridgehead atoms. The summed E-state index contributed by atoms with van der Waals surface area (Å²) in [5.74, 6) is 0.850. The summed E-state index contributed by atoms with van der Waals surface area (Å²) in [5.41, 5.74) is 0.364. The van der Waals surface area contributed by atoms with E-state index in [2.05, 4.69) is 6.92 Å². The Kier molecular flexibility index (Phi) is 3.25. The van der Waals surface area contributed by atoms with Crippen molar-refractivity contribution < 1.29 is 14.2 Å².